The Morgan fingerprint density at radius 3 is 2.80 bits per heavy atom. The smallest absolute Gasteiger partial charge is 0.321 e. The Bertz CT molecular complexity index is 338. The van der Waals surface area contributed by atoms with Crippen LogP contribution in [0.25, 0.3) is 0 Å². The van der Waals surface area contributed by atoms with Crippen LogP contribution in [0.5, 0.6) is 0 Å². The van der Waals surface area contributed by atoms with Crippen LogP contribution in [0.4, 0.5) is 4.79 Å². The molecule has 4 N–H and O–H groups in total. The van der Waals surface area contributed by atoms with Crippen molar-refractivity contribution < 1.29 is 9.59 Å². The van der Waals surface area contributed by atoms with Gasteiger partial charge in [0.25, 0.3) is 0 Å². The Kier molecular flexibility index (Phi) is 9.20. The molecule has 1 rings (SSSR count). The standard InChI is InChI=1S/C13H24N4O2.ClH/c1-3-5-15-13(19)16-12(18)9-17-6-4-10(2)7-11(17)8-14;/h3,10-11H,1,4-9,14H2,2H3,(H2,15,16,18,19);1H. The molecule has 1 aliphatic heterocycles. The van der Waals surface area contributed by atoms with Gasteiger partial charge in [-0.2, -0.15) is 0 Å². The van der Waals surface area contributed by atoms with Gasteiger partial charge in [0.1, 0.15) is 0 Å². The number of nitrogens with one attached hydrogen (secondary N) is 2. The number of likely N-dealkylation sites (tertiary alicyclic amines) is 1. The lowest BCUT2D eigenvalue weighted by Gasteiger charge is -2.37. The molecule has 1 fully saturated rings. The molecule has 0 bridgehead atoms. The summed E-state index contributed by atoms with van der Waals surface area (Å²) < 4.78 is 0. The predicted molar refractivity (Wildman–Crippen MR) is 81.8 cm³/mol. The van der Waals surface area contributed by atoms with E-state index in [1.807, 2.05) is 0 Å². The van der Waals surface area contributed by atoms with E-state index in [4.69, 9.17) is 5.73 Å². The average Bonchev–Trinajstić information content (AvgIpc) is 2.38. The fourth-order valence-corrected chi connectivity index (χ4v) is 2.31. The third kappa shape index (κ3) is 6.36. The Morgan fingerprint density at radius 2 is 2.20 bits per heavy atom. The topological polar surface area (TPSA) is 87.5 Å². The molecule has 7 heteroatoms. The molecule has 0 saturated carbocycles. The van der Waals surface area contributed by atoms with Crippen molar-refractivity contribution in [3.05, 3.63) is 12.7 Å². The van der Waals surface area contributed by atoms with E-state index < -0.39 is 6.03 Å². The number of rotatable bonds is 5. The van der Waals surface area contributed by atoms with Gasteiger partial charge < -0.3 is 11.1 Å². The lowest BCUT2D eigenvalue weighted by molar-refractivity contribution is -0.122. The van der Waals surface area contributed by atoms with E-state index in [9.17, 15) is 9.59 Å². The molecule has 2 unspecified atom stereocenters. The Hall–Kier alpha value is -1.11. The molecule has 0 aromatic heterocycles. The number of amides is 3. The molecule has 2 atom stereocenters. The van der Waals surface area contributed by atoms with Gasteiger partial charge in [0.15, 0.2) is 0 Å². The molecule has 0 aromatic rings. The van der Waals surface area contributed by atoms with Crippen molar-refractivity contribution in [1.82, 2.24) is 15.5 Å². The quantitative estimate of drug-likeness (QED) is 0.645. The summed E-state index contributed by atoms with van der Waals surface area (Å²) in [6, 6.07) is -0.259. The second-order valence-corrected chi connectivity index (χ2v) is 5.04. The van der Waals surface area contributed by atoms with Crippen LogP contribution in [0.2, 0.25) is 0 Å². The molecule has 1 saturated heterocycles. The highest BCUT2D eigenvalue weighted by molar-refractivity contribution is 5.95. The number of carbonyl (C=O) groups is 2. The Labute approximate surface area is 126 Å². The van der Waals surface area contributed by atoms with E-state index >= 15 is 0 Å². The van der Waals surface area contributed by atoms with E-state index in [2.05, 4.69) is 29.0 Å². The van der Waals surface area contributed by atoms with E-state index in [1.165, 1.54) is 0 Å². The fourth-order valence-electron chi connectivity index (χ4n) is 2.31. The van der Waals surface area contributed by atoms with Crippen LogP contribution in [-0.2, 0) is 4.79 Å². The minimum atomic E-state index is -0.487. The van der Waals surface area contributed by atoms with E-state index in [0.29, 0.717) is 19.0 Å². The molecular weight excluding hydrogens is 280 g/mol. The third-order valence-corrected chi connectivity index (χ3v) is 3.38. The number of nitrogens with two attached hydrogens (primary N) is 1. The molecule has 0 spiro atoms. The normalized spacial score (nSPS) is 22.5. The molecule has 0 radical (unpaired) electrons. The van der Waals surface area contributed by atoms with Crippen molar-refractivity contribution in [1.29, 1.82) is 0 Å². The molecule has 20 heavy (non-hydrogen) atoms. The summed E-state index contributed by atoms with van der Waals surface area (Å²) in [6.07, 6.45) is 3.62. The van der Waals surface area contributed by atoms with Gasteiger partial charge in [0.2, 0.25) is 5.91 Å². The Morgan fingerprint density at radius 1 is 1.50 bits per heavy atom. The highest BCUT2D eigenvalue weighted by Crippen LogP contribution is 2.21. The number of carbonyl (C=O) groups excluding carboxylic acids is 2. The van der Waals surface area contributed by atoms with Gasteiger partial charge in [0.05, 0.1) is 6.54 Å². The number of halogens is 1. The lowest BCUT2D eigenvalue weighted by Crippen LogP contribution is -2.51. The first-order valence-corrected chi connectivity index (χ1v) is 6.69. The van der Waals surface area contributed by atoms with Crippen molar-refractivity contribution in [3.8, 4) is 0 Å². The zero-order chi connectivity index (χ0) is 14.3. The fraction of sp³-hybridized carbons (Fsp3) is 0.692. The van der Waals surface area contributed by atoms with Crippen molar-refractivity contribution in [2.24, 2.45) is 11.7 Å². The van der Waals surface area contributed by atoms with Crippen molar-refractivity contribution in [2.45, 2.75) is 25.8 Å². The molecule has 116 valence electrons. The number of piperidine rings is 1. The summed E-state index contributed by atoms with van der Waals surface area (Å²) in [5.74, 6) is 0.346. The molecule has 0 aromatic carbocycles. The molecule has 3 amide bonds. The Balaban J connectivity index is 0.00000361. The molecule has 0 aliphatic carbocycles. The first-order valence-electron chi connectivity index (χ1n) is 6.69. The van der Waals surface area contributed by atoms with Crippen LogP contribution >= 0.6 is 12.4 Å². The van der Waals surface area contributed by atoms with Gasteiger partial charge in [-0.05, 0) is 25.3 Å². The van der Waals surface area contributed by atoms with Crippen LogP contribution in [0.3, 0.4) is 0 Å². The van der Waals surface area contributed by atoms with Crippen LogP contribution in [0, 0.1) is 5.92 Å². The molecular formula is C13H25ClN4O2. The highest BCUT2D eigenvalue weighted by Gasteiger charge is 2.26. The van der Waals surface area contributed by atoms with Crippen LogP contribution in [-0.4, -0.2) is 49.1 Å². The summed E-state index contributed by atoms with van der Waals surface area (Å²) in [5, 5.41) is 4.80. The van der Waals surface area contributed by atoms with Crippen molar-refractivity contribution >= 4 is 24.3 Å². The number of hydrogen-bond donors (Lipinski definition) is 3. The number of hydrogen-bond acceptors (Lipinski definition) is 4. The number of imide groups is 1. The summed E-state index contributed by atoms with van der Waals surface area (Å²) in [4.78, 5) is 25.1. The maximum absolute atomic E-state index is 11.7. The maximum atomic E-state index is 11.7. The van der Waals surface area contributed by atoms with E-state index in [-0.39, 0.29) is 30.9 Å². The average molecular weight is 305 g/mol. The number of nitrogens with zero attached hydrogens (tertiary/aromatic N) is 1. The second kappa shape index (κ2) is 9.74. The van der Waals surface area contributed by atoms with Crippen LogP contribution < -0.4 is 16.4 Å². The van der Waals surface area contributed by atoms with Gasteiger partial charge in [0, 0.05) is 19.1 Å². The van der Waals surface area contributed by atoms with Crippen LogP contribution in [0.1, 0.15) is 19.8 Å². The van der Waals surface area contributed by atoms with E-state index in [0.717, 1.165) is 19.4 Å². The summed E-state index contributed by atoms with van der Waals surface area (Å²) in [7, 11) is 0. The van der Waals surface area contributed by atoms with Crippen molar-refractivity contribution in [3.63, 3.8) is 0 Å². The summed E-state index contributed by atoms with van der Waals surface area (Å²) in [6.45, 7) is 7.63. The predicted octanol–water partition coefficient (Wildman–Crippen LogP) is 0.479. The molecule has 1 heterocycles. The van der Waals surface area contributed by atoms with Gasteiger partial charge in [-0.15, -0.1) is 19.0 Å². The van der Waals surface area contributed by atoms with Gasteiger partial charge in [-0.1, -0.05) is 13.0 Å². The monoisotopic (exact) mass is 304 g/mol. The van der Waals surface area contributed by atoms with E-state index in [1.54, 1.807) is 6.08 Å². The minimum Gasteiger partial charge on any atom is -0.334 e. The first-order chi connectivity index (χ1) is 9.06. The van der Waals surface area contributed by atoms with Crippen molar-refractivity contribution in [2.75, 3.05) is 26.2 Å². The highest BCUT2D eigenvalue weighted by atomic mass is 35.5. The largest absolute Gasteiger partial charge is 0.334 e. The number of urea groups is 1. The summed E-state index contributed by atoms with van der Waals surface area (Å²) >= 11 is 0. The maximum Gasteiger partial charge on any atom is 0.321 e. The van der Waals surface area contributed by atoms with Gasteiger partial charge in [-0.25, -0.2) is 4.79 Å². The second-order valence-electron chi connectivity index (χ2n) is 5.04. The zero-order valence-electron chi connectivity index (χ0n) is 11.9. The van der Waals surface area contributed by atoms with Crippen LogP contribution in [0.15, 0.2) is 12.7 Å². The first kappa shape index (κ1) is 18.9. The van der Waals surface area contributed by atoms with Gasteiger partial charge >= 0.3 is 6.03 Å². The molecule has 1 aliphatic rings. The summed E-state index contributed by atoms with van der Waals surface area (Å²) in [5.41, 5.74) is 5.73. The third-order valence-electron chi connectivity index (χ3n) is 3.38. The van der Waals surface area contributed by atoms with Gasteiger partial charge in [-0.3, -0.25) is 15.0 Å². The lowest BCUT2D eigenvalue weighted by atomic mass is 9.92. The SMILES string of the molecule is C=CCNC(=O)NC(=O)CN1CCC(C)CC1CN.Cl. The molecule has 6 nitrogen and oxygen atoms in total. The minimum absolute atomic E-state index is 0. The zero-order valence-corrected chi connectivity index (χ0v) is 12.7.